The molecule has 6 nitrogen and oxygen atoms in total. The standard InChI is InChI=1S/C22H21FN2O4S/c1-29-20-7-5-6-19(14-20)25(30(27,28)21-8-3-2-4-9-21)16-22(26)24-15-17-10-12-18(23)13-11-17/h2-14H,15-16H2,1H3,(H,24,26). The molecule has 30 heavy (non-hydrogen) atoms. The number of hydrogen-bond acceptors (Lipinski definition) is 4. The first kappa shape index (κ1) is 21.3. The lowest BCUT2D eigenvalue weighted by Gasteiger charge is -2.24. The third-order valence-corrected chi connectivity index (χ3v) is 6.15. The average Bonchev–Trinajstić information content (AvgIpc) is 2.77. The van der Waals surface area contributed by atoms with Gasteiger partial charge in [0.15, 0.2) is 0 Å². The molecule has 0 unspecified atom stereocenters. The van der Waals surface area contributed by atoms with Gasteiger partial charge >= 0.3 is 0 Å². The van der Waals surface area contributed by atoms with Gasteiger partial charge in [-0.25, -0.2) is 12.8 Å². The van der Waals surface area contributed by atoms with Crippen LogP contribution in [0.3, 0.4) is 0 Å². The van der Waals surface area contributed by atoms with Gasteiger partial charge in [0, 0.05) is 12.6 Å². The zero-order valence-corrected chi connectivity index (χ0v) is 17.1. The molecule has 0 bridgehead atoms. The Bertz CT molecular complexity index is 1100. The van der Waals surface area contributed by atoms with E-state index in [1.807, 2.05) is 0 Å². The van der Waals surface area contributed by atoms with Crippen molar-refractivity contribution in [2.45, 2.75) is 11.4 Å². The SMILES string of the molecule is COc1cccc(N(CC(=O)NCc2ccc(F)cc2)S(=O)(=O)c2ccccc2)c1. The summed E-state index contributed by atoms with van der Waals surface area (Å²) < 4.78 is 45.7. The van der Waals surface area contributed by atoms with Gasteiger partial charge in [-0.15, -0.1) is 0 Å². The Morgan fingerprint density at radius 3 is 2.37 bits per heavy atom. The van der Waals surface area contributed by atoms with Gasteiger partial charge in [-0.1, -0.05) is 36.4 Å². The highest BCUT2D eigenvalue weighted by molar-refractivity contribution is 7.92. The first-order valence-corrected chi connectivity index (χ1v) is 10.6. The molecule has 156 valence electrons. The van der Waals surface area contributed by atoms with E-state index in [1.165, 1.54) is 31.4 Å². The number of halogens is 1. The Hall–Kier alpha value is -3.39. The number of hydrogen-bond donors (Lipinski definition) is 1. The minimum atomic E-state index is -4.00. The summed E-state index contributed by atoms with van der Waals surface area (Å²) in [5.41, 5.74) is 0.999. The minimum Gasteiger partial charge on any atom is -0.497 e. The van der Waals surface area contributed by atoms with Crippen molar-refractivity contribution in [3.05, 3.63) is 90.2 Å². The van der Waals surface area contributed by atoms with Crippen LogP contribution in [0.2, 0.25) is 0 Å². The number of sulfonamides is 1. The Kier molecular flexibility index (Phi) is 6.68. The molecule has 0 heterocycles. The number of nitrogens with zero attached hydrogens (tertiary/aromatic N) is 1. The van der Waals surface area contributed by atoms with Crippen LogP contribution in [0.15, 0.2) is 83.8 Å². The van der Waals surface area contributed by atoms with E-state index in [-0.39, 0.29) is 17.3 Å². The zero-order chi connectivity index (χ0) is 21.6. The molecule has 0 atom stereocenters. The molecule has 0 fully saturated rings. The maximum atomic E-state index is 13.2. The van der Waals surface area contributed by atoms with E-state index in [0.717, 1.165) is 4.31 Å². The summed E-state index contributed by atoms with van der Waals surface area (Å²) in [5, 5.41) is 2.67. The highest BCUT2D eigenvalue weighted by Gasteiger charge is 2.27. The lowest BCUT2D eigenvalue weighted by atomic mass is 10.2. The van der Waals surface area contributed by atoms with E-state index in [2.05, 4.69) is 5.32 Å². The first-order valence-electron chi connectivity index (χ1n) is 9.13. The summed E-state index contributed by atoms with van der Waals surface area (Å²) in [4.78, 5) is 12.6. The van der Waals surface area contributed by atoms with Gasteiger partial charge in [0.1, 0.15) is 18.1 Å². The van der Waals surface area contributed by atoms with Crippen LogP contribution in [0, 0.1) is 5.82 Å². The van der Waals surface area contributed by atoms with Crippen LogP contribution in [0.1, 0.15) is 5.56 Å². The van der Waals surface area contributed by atoms with E-state index in [4.69, 9.17) is 4.74 Å². The van der Waals surface area contributed by atoms with Gasteiger partial charge in [-0.3, -0.25) is 9.10 Å². The molecule has 0 saturated carbocycles. The molecule has 0 aliphatic rings. The van der Waals surface area contributed by atoms with Gasteiger partial charge in [-0.05, 0) is 42.0 Å². The van der Waals surface area contributed by atoms with Gasteiger partial charge < -0.3 is 10.1 Å². The van der Waals surface area contributed by atoms with E-state index < -0.39 is 22.5 Å². The van der Waals surface area contributed by atoms with Crippen molar-refractivity contribution in [1.82, 2.24) is 5.32 Å². The second-order valence-corrected chi connectivity index (χ2v) is 8.29. The summed E-state index contributed by atoms with van der Waals surface area (Å²) in [6, 6.07) is 20.1. The molecule has 0 aliphatic heterocycles. The summed E-state index contributed by atoms with van der Waals surface area (Å²) >= 11 is 0. The smallest absolute Gasteiger partial charge is 0.264 e. The molecule has 0 aliphatic carbocycles. The number of nitrogens with one attached hydrogen (secondary N) is 1. The number of amides is 1. The average molecular weight is 428 g/mol. The maximum absolute atomic E-state index is 13.2. The number of ether oxygens (including phenoxy) is 1. The summed E-state index contributed by atoms with van der Waals surface area (Å²) in [5.74, 6) is -0.405. The fraction of sp³-hybridized carbons (Fsp3) is 0.136. The van der Waals surface area contributed by atoms with Crippen LogP contribution >= 0.6 is 0 Å². The monoisotopic (exact) mass is 428 g/mol. The molecule has 0 spiro atoms. The molecule has 0 aromatic heterocycles. The van der Waals surface area contributed by atoms with E-state index in [1.54, 1.807) is 54.6 Å². The Balaban J connectivity index is 1.85. The first-order chi connectivity index (χ1) is 14.4. The third-order valence-electron chi connectivity index (χ3n) is 4.36. The largest absolute Gasteiger partial charge is 0.497 e. The van der Waals surface area contributed by atoms with Crippen molar-refractivity contribution in [3.63, 3.8) is 0 Å². The second-order valence-electron chi connectivity index (χ2n) is 6.43. The molecule has 8 heteroatoms. The van der Waals surface area contributed by atoms with E-state index in [0.29, 0.717) is 17.0 Å². The van der Waals surface area contributed by atoms with Crippen molar-refractivity contribution in [2.24, 2.45) is 0 Å². The van der Waals surface area contributed by atoms with Crippen LogP contribution in [-0.4, -0.2) is 28.0 Å². The molecular weight excluding hydrogens is 407 g/mol. The zero-order valence-electron chi connectivity index (χ0n) is 16.3. The van der Waals surface area contributed by atoms with Gasteiger partial charge in [-0.2, -0.15) is 0 Å². The summed E-state index contributed by atoms with van der Waals surface area (Å²) in [6.07, 6.45) is 0. The molecule has 3 rings (SSSR count). The second kappa shape index (κ2) is 9.41. The van der Waals surface area contributed by atoms with E-state index in [9.17, 15) is 17.6 Å². The van der Waals surface area contributed by atoms with Crippen LogP contribution in [-0.2, 0) is 21.4 Å². The Labute approximate surface area is 175 Å². The fourth-order valence-corrected chi connectivity index (χ4v) is 4.22. The number of carbonyl (C=O) groups excluding carboxylic acids is 1. The number of benzene rings is 3. The van der Waals surface area contributed by atoms with Crippen molar-refractivity contribution >= 4 is 21.6 Å². The third kappa shape index (κ3) is 5.15. The van der Waals surface area contributed by atoms with Gasteiger partial charge in [0.2, 0.25) is 5.91 Å². The van der Waals surface area contributed by atoms with Crippen molar-refractivity contribution in [3.8, 4) is 5.75 Å². The van der Waals surface area contributed by atoms with Crippen molar-refractivity contribution in [2.75, 3.05) is 18.0 Å². The quantitative estimate of drug-likeness (QED) is 0.597. The molecule has 3 aromatic rings. The van der Waals surface area contributed by atoms with Crippen LogP contribution in [0.25, 0.3) is 0 Å². The van der Waals surface area contributed by atoms with E-state index >= 15 is 0 Å². The number of rotatable bonds is 8. The molecular formula is C22H21FN2O4S. The highest BCUT2D eigenvalue weighted by atomic mass is 32.2. The predicted octanol–water partition coefficient (Wildman–Crippen LogP) is 3.35. The number of carbonyl (C=O) groups is 1. The van der Waals surface area contributed by atoms with Crippen LogP contribution in [0.5, 0.6) is 5.75 Å². The van der Waals surface area contributed by atoms with Gasteiger partial charge in [0.05, 0.1) is 17.7 Å². The lowest BCUT2D eigenvalue weighted by molar-refractivity contribution is -0.119. The topological polar surface area (TPSA) is 75.7 Å². The summed E-state index contributed by atoms with van der Waals surface area (Å²) in [6.45, 7) is -0.276. The van der Waals surface area contributed by atoms with Crippen LogP contribution < -0.4 is 14.4 Å². The molecule has 3 aromatic carbocycles. The van der Waals surface area contributed by atoms with Crippen molar-refractivity contribution < 1.29 is 22.3 Å². The molecule has 1 N–H and O–H groups in total. The van der Waals surface area contributed by atoms with Crippen molar-refractivity contribution in [1.29, 1.82) is 0 Å². The molecule has 1 amide bonds. The highest BCUT2D eigenvalue weighted by Crippen LogP contribution is 2.26. The number of methoxy groups -OCH3 is 1. The molecule has 0 radical (unpaired) electrons. The van der Waals surface area contributed by atoms with Crippen LogP contribution in [0.4, 0.5) is 10.1 Å². The number of anilines is 1. The molecule has 0 saturated heterocycles. The predicted molar refractivity (Wildman–Crippen MR) is 112 cm³/mol. The normalized spacial score (nSPS) is 11.0. The fourth-order valence-electron chi connectivity index (χ4n) is 2.79. The Morgan fingerprint density at radius 1 is 1.00 bits per heavy atom. The maximum Gasteiger partial charge on any atom is 0.264 e. The lowest BCUT2D eigenvalue weighted by Crippen LogP contribution is -2.40. The Morgan fingerprint density at radius 2 is 1.70 bits per heavy atom. The summed E-state index contributed by atoms with van der Waals surface area (Å²) in [7, 11) is -2.52. The minimum absolute atomic E-state index is 0.0687. The van der Waals surface area contributed by atoms with Gasteiger partial charge in [0.25, 0.3) is 10.0 Å².